The lowest BCUT2D eigenvalue weighted by Crippen LogP contribution is -2.31. The second-order valence-electron chi connectivity index (χ2n) is 4.15. The fourth-order valence-corrected chi connectivity index (χ4v) is 3.22. The van der Waals surface area contributed by atoms with E-state index in [1.54, 1.807) is 19.1 Å². The van der Waals surface area contributed by atoms with Gasteiger partial charge in [-0.2, -0.15) is 9.57 Å². The van der Waals surface area contributed by atoms with Crippen LogP contribution in [0.5, 0.6) is 0 Å². The molecule has 112 valence electrons. The number of carboxylic acid groups (broad SMARTS) is 1. The van der Waals surface area contributed by atoms with E-state index in [4.69, 9.17) is 10.4 Å². The molecule has 0 unspecified atom stereocenters. The topological polar surface area (TPSA) is 98.5 Å². The number of nitriles is 1. The van der Waals surface area contributed by atoms with Gasteiger partial charge in [-0.3, -0.25) is 0 Å². The van der Waals surface area contributed by atoms with E-state index in [1.807, 2.05) is 6.07 Å². The minimum atomic E-state index is -3.68. The van der Waals surface area contributed by atoms with Crippen LogP contribution in [-0.2, 0) is 14.8 Å². The Hall–Kier alpha value is -2.17. The first-order chi connectivity index (χ1) is 9.91. The number of nitrogens with zero attached hydrogens (tertiary/aromatic N) is 2. The molecular formula is C14H16N2O4S. The standard InChI is InChI=1S/C14H16N2O4S/c1-2-16(10-4-9-15)21(19,20)13-6-3-5-12(11-13)7-8-14(17)18/h3,5-8,11H,2,4,10H2,1H3,(H,17,18). The summed E-state index contributed by atoms with van der Waals surface area (Å²) < 4.78 is 26.1. The summed E-state index contributed by atoms with van der Waals surface area (Å²) in [5.74, 6) is -1.10. The van der Waals surface area contributed by atoms with Crippen molar-refractivity contribution >= 4 is 22.1 Å². The molecule has 0 saturated carbocycles. The number of carboxylic acids is 1. The molecule has 0 aliphatic carbocycles. The zero-order valence-corrected chi connectivity index (χ0v) is 12.4. The summed E-state index contributed by atoms with van der Waals surface area (Å²) in [5.41, 5.74) is 0.481. The maximum atomic E-state index is 12.4. The molecule has 0 atom stereocenters. The van der Waals surface area contributed by atoms with E-state index in [0.29, 0.717) is 5.56 Å². The van der Waals surface area contributed by atoms with E-state index in [9.17, 15) is 13.2 Å². The molecule has 6 nitrogen and oxygen atoms in total. The molecule has 1 N–H and O–H groups in total. The van der Waals surface area contributed by atoms with Crippen LogP contribution < -0.4 is 0 Å². The molecule has 0 aromatic heterocycles. The summed E-state index contributed by atoms with van der Waals surface area (Å²) in [5, 5.41) is 17.2. The van der Waals surface area contributed by atoms with Gasteiger partial charge in [-0.15, -0.1) is 0 Å². The van der Waals surface area contributed by atoms with Gasteiger partial charge in [0.25, 0.3) is 0 Å². The van der Waals surface area contributed by atoms with Gasteiger partial charge in [0.2, 0.25) is 10.0 Å². The lowest BCUT2D eigenvalue weighted by atomic mass is 10.2. The van der Waals surface area contributed by atoms with Crippen molar-refractivity contribution in [2.45, 2.75) is 18.2 Å². The van der Waals surface area contributed by atoms with Crippen molar-refractivity contribution in [1.29, 1.82) is 5.26 Å². The summed E-state index contributed by atoms with van der Waals surface area (Å²) in [4.78, 5) is 10.6. The fraction of sp³-hybridized carbons (Fsp3) is 0.286. The summed E-state index contributed by atoms with van der Waals surface area (Å²) in [7, 11) is -3.68. The van der Waals surface area contributed by atoms with Gasteiger partial charge in [0, 0.05) is 25.6 Å². The molecule has 0 amide bonds. The van der Waals surface area contributed by atoms with Crippen molar-refractivity contribution in [2.24, 2.45) is 0 Å². The lowest BCUT2D eigenvalue weighted by Gasteiger charge is -2.19. The Balaban J connectivity index is 3.11. The molecule has 0 radical (unpaired) electrons. The largest absolute Gasteiger partial charge is 0.478 e. The van der Waals surface area contributed by atoms with Crippen molar-refractivity contribution in [3.63, 3.8) is 0 Å². The Morgan fingerprint density at radius 1 is 1.48 bits per heavy atom. The van der Waals surface area contributed by atoms with Crippen LogP contribution in [-0.4, -0.2) is 36.9 Å². The average Bonchev–Trinajstić information content (AvgIpc) is 2.46. The molecule has 0 saturated heterocycles. The van der Waals surface area contributed by atoms with Gasteiger partial charge in [0.05, 0.1) is 11.0 Å². The van der Waals surface area contributed by atoms with Crippen molar-refractivity contribution in [1.82, 2.24) is 4.31 Å². The molecule has 0 heterocycles. The number of sulfonamides is 1. The van der Waals surface area contributed by atoms with Gasteiger partial charge >= 0.3 is 5.97 Å². The van der Waals surface area contributed by atoms with Crippen molar-refractivity contribution in [2.75, 3.05) is 13.1 Å². The van der Waals surface area contributed by atoms with Gasteiger partial charge in [0.15, 0.2) is 0 Å². The van der Waals surface area contributed by atoms with Gasteiger partial charge in [-0.25, -0.2) is 13.2 Å². The first-order valence-corrected chi connectivity index (χ1v) is 7.74. The van der Waals surface area contributed by atoms with Crippen LogP contribution >= 0.6 is 0 Å². The molecule has 1 aromatic carbocycles. The van der Waals surface area contributed by atoms with Crippen LogP contribution in [0.15, 0.2) is 35.2 Å². The molecule has 1 rings (SSSR count). The Morgan fingerprint density at radius 2 is 2.19 bits per heavy atom. The number of hydrogen-bond donors (Lipinski definition) is 1. The van der Waals surface area contributed by atoms with E-state index in [1.165, 1.54) is 22.5 Å². The van der Waals surface area contributed by atoms with E-state index in [2.05, 4.69) is 0 Å². The van der Waals surface area contributed by atoms with E-state index in [-0.39, 0.29) is 24.4 Å². The normalized spacial score (nSPS) is 11.7. The van der Waals surface area contributed by atoms with Crippen molar-refractivity contribution in [3.05, 3.63) is 35.9 Å². The highest BCUT2D eigenvalue weighted by atomic mass is 32.2. The summed E-state index contributed by atoms with van der Waals surface area (Å²) in [6, 6.07) is 7.93. The van der Waals surface area contributed by atoms with Crippen LogP contribution in [0.3, 0.4) is 0 Å². The molecule has 1 aromatic rings. The SMILES string of the molecule is CCN(CCC#N)S(=O)(=O)c1cccc(C=CC(=O)O)c1. The second-order valence-corrected chi connectivity index (χ2v) is 6.09. The van der Waals surface area contributed by atoms with E-state index >= 15 is 0 Å². The average molecular weight is 308 g/mol. The minimum Gasteiger partial charge on any atom is -0.478 e. The fourth-order valence-electron chi connectivity index (χ4n) is 1.72. The Morgan fingerprint density at radius 3 is 2.76 bits per heavy atom. The molecule has 0 bridgehead atoms. The maximum Gasteiger partial charge on any atom is 0.328 e. The Kier molecular flexibility index (Phi) is 6.09. The zero-order chi connectivity index (χ0) is 15.9. The molecule has 0 fully saturated rings. The third-order valence-electron chi connectivity index (χ3n) is 2.74. The number of aliphatic carboxylic acids is 1. The molecule has 0 spiro atoms. The second kappa shape index (κ2) is 7.57. The van der Waals surface area contributed by atoms with Crippen molar-refractivity contribution < 1.29 is 18.3 Å². The van der Waals surface area contributed by atoms with E-state index in [0.717, 1.165) is 6.08 Å². The van der Waals surface area contributed by atoms with Crippen LogP contribution in [0.25, 0.3) is 6.08 Å². The van der Waals surface area contributed by atoms with Crippen LogP contribution in [0, 0.1) is 11.3 Å². The number of rotatable bonds is 7. The number of hydrogen-bond acceptors (Lipinski definition) is 4. The van der Waals surface area contributed by atoms with Gasteiger partial charge in [0.1, 0.15) is 0 Å². The molecule has 0 aliphatic rings. The van der Waals surface area contributed by atoms with Gasteiger partial charge < -0.3 is 5.11 Å². The molecule has 21 heavy (non-hydrogen) atoms. The molecule has 0 aliphatic heterocycles. The summed E-state index contributed by atoms with van der Waals surface area (Å²) >= 11 is 0. The summed E-state index contributed by atoms with van der Waals surface area (Å²) in [6.45, 7) is 2.09. The highest BCUT2D eigenvalue weighted by molar-refractivity contribution is 7.89. The predicted molar refractivity (Wildman–Crippen MR) is 77.8 cm³/mol. The number of carbonyl (C=O) groups is 1. The van der Waals surface area contributed by atoms with Gasteiger partial charge in [-0.1, -0.05) is 19.1 Å². The van der Waals surface area contributed by atoms with Crippen LogP contribution in [0.2, 0.25) is 0 Å². The Bertz CT molecular complexity index is 674. The third kappa shape index (κ3) is 4.70. The van der Waals surface area contributed by atoms with Crippen LogP contribution in [0.1, 0.15) is 18.9 Å². The zero-order valence-electron chi connectivity index (χ0n) is 11.6. The van der Waals surface area contributed by atoms with Crippen LogP contribution in [0.4, 0.5) is 0 Å². The summed E-state index contributed by atoms with van der Waals surface area (Å²) in [6.07, 6.45) is 2.39. The first kappa shape index (κ1) is 16.9. The maximum absolute atomic E-state index is 12.4. The number of benzene rings is 1. The van der Waals surface area contributed by atoms with Crippen molar-refractivity contribution in [3.8, 4) is 6.07 Å². The lowest BCUT2D eigenvalue weighted by molar-refractivity contribution is -0.131. The highest BCUT2D eigenvalue weighted by Gasteiger charge is 2.22. The first-order valence-electron chi connectivity index (χ1n) is 6.30. The highest BCUT2D eigenvalue weighted by Crippen LogP contribution is 2.18. The molecule has 7 heteroatoms. The monoisotopic (exact) mass is 308 g/mol. The van der Waals surface area contributed by atoms with E-state index < -0.39 is 16.0 Å². The predicted octanol–water partition coefficient (Wildman–Crippen LogP) is 1.71. The molecular weight excluding hydrogens is 292 g/mol. The third-order valence-corrected chi connectivity index (χ3v) is 4.71. The smallest absolute Gasteiger partial charge is 0.328 e. The quantitative estimate of drug-likeness (QED) is 0.773. The Labute approximate surface area is 124 Å². The minimum absolute atomic E-state index is 0.0785. The van der Waals surface area contributed by atoms with Gasteiger partial charge in [-0.05, 0) is 23.8 Å².